The molecule has 1 aromatic carbocycles. The highest BCUT2D eigenvalue weighted by Gasteiger charge is 2.16. The van der Waals surface area contributed by atoms with Gasteiger partial charge in [0.05, 0.1) is 23.5 Å². The highest BCUT2D eigenvalue weighted by molar-refractivity contribution is 6.23. The van der Waals surface area contributed by atoms with Gasteiger partial charge >= 0.3 is 18.2 Å². The van der Waals surface area contributed by atoms with Gasteiger partial charge in [0.1, 0.15) is 6.61 Å². The molecule has 0 saturated carbocycles. The zero-order chi connectivity index (χ0) is 15.0. The van der Waals surface area contributed by atoms with Gasteiger partial charge < -0.3 is 9.47 Å². The third-order valence-corrected chi connectivity index (χ3v) is 2.11. The topological polar surface area (TPSA) is 77.0 Å². The van der Waals surface area contributed by atoms with Crippen molar-refractivity contribution in [2.24, 2.45) is 5.10 Å². The molecular formula is C14H15N2O4+. The number of carbonyl (C=O) groups is 2. The minimum atomic E-state index is -0.722. The quantitative estimate of drug-likeness (QED) is 0.282. The molecule has 0 atom stereocenters. The fraction of sp³-hybridized carbons (Fsp3) is 0.214. The predicted octanol–water partition coefficient (Wildman–Crippen LogP) is 1.87. The van der Waals surface area contributed by atoms with E-state index < -0.39 is 11.9 Å². The molecule has 0 amide bonds. The van der Waals surface area contributed by atoms with E-state index in [0.717, 1.165) is 5.57 Å². The fourth-order valence-corrected chi connectivity index (χ4v) is 1.20. The third-order valence-electron chi connectivity index (χ3n) is 2.11. The van der Waals surface area contributed by atoms with Crippen molar-refractivity contribution < 1.29 is 19.1 Å². The predicted molar refractivity (Wildman–Crippen MR) is 74.6 cm³/mol. The van der Waals surface area contributed by atoms with Crippen LogP contribution in [0.5, 0.6) is 0 Å². The van der Waals surface area contributed by atoms with Crippen LogP contribution in [0, 0.1) is 0 Å². The van der Waals surface area contributed by atoms with Gasteiger partial charge in [-0.2, -0.15) is 4.79 Å². The molecule has 0 bridgehead atoms. The van der Waals surface area contributed by atoms with Crippen LogP contribution in [0.1, 0.15) is 17.3 Å². The second kappa shape index (κ2) is 7.66. The molecule has 0 aliphatic rings. The summed E-state index contributed by atoms with van der Waals surface area (Å²) >= 11 is 0. The van der Waals surface area contributed by atoms with E-state index in [1.165, 1.54) is 7.11 Å². The van der Waals surface area contributed by atoms with Crippen molar-refractivity contribution in [1.82, 2.24) is 0 Å². The molecule has 104 valence electrons. The number of nitrogens with zero attached hydrogens (tertiary/aromatic N) is 1. The van der Waals surface area contributed by atoms with Gasteiger partial charge in [0, 0.05) is 0 Å². The van der Waals surface area contributed by atoms with E-state index in [9.17, 15) is 9.59 Å². The first-order chi connectivity index (χ1) is 9.54. The Labute approximate surface area is 117 Å². The SMILES string of the molecule is C=C(C)COC(=O)c1ccccc1NN=[C+]C(=O)OC. The van der Waals surface area contributed by atoms with Crippen molar-refractivity contribution in [3.63, 3.8) is 0 Å². The Kier molecular flexibility index (Phi) is 5.87. The van der Waals surface area contributed by atoms with Gasteiger partial charge in [0.15, 0.2) is 0 Å². The maximum absolute atomic E-state index is 11.9. The molecule has 6 heteroatoms. The number of esters is 2. The Morgan fingerprint density at radius 3 is 2.75 bits per heavy atom. The van der Waals surface area contributed by atoms with Crippen molar-refractivity contribution in [3.8, 4) is 0 Å². The van der Waals surface area contributed by atoms with Crippen LogP contribution in [0.15, 0.2) is 41.5 Å². The van der Waals surface area contributed by atoms with Crippen LogP contribution >= 0.6 is 0 Å². The summed E-state index contributed by atoms with van der Waals surface area (Å²) in [5, 5.41) is 3.55. The number of hydrazone groups is 1. The number of anilines is 1. The number of benzene rings is 1. The van der Waals surface area contributed by atoms with Gasteiger partial charge in [0.2, 0.25) is 0 Å². The second-order valence-electron chi connectivity index (χ2n) is 3.91. The lowest BCUT2D eigenvalue weighted by molar-refractivity contribution is -0.132. The van der Waals surface area contributed by atoms with Crippen molar-refractivity contribution >= 4 is 23.8 Å². The molecule has 1 N–H and O–H groups in total. The Morgan fingerprint density at radius 1 is 1.40 bits per heavy atom. The molecule has 0 spiro atoms. The summed E-state index contributed by atoms with van der Waals surface area (Å²) in [5.41, 5.74) is 3.97. The molecular weight excluding hydrogens is 260 g/mol. The fourth-order valence-electron chi connectivity index (χ4n) is 1.20. The number of hydrogen-bond donors (Lipinski definition) is 1. The summed E-state index contributed by atoms with van der Waals surface area (Å²) in [6, 6.07) is 6.61. The largest absolute Gasteiger partial charge is 0.619 e. The maximum Gasteiger partial charge on any atom is 0.619 e. The Balaban J connectivity index is 2.77. The molecule has 0 heterocycles. The molecule has 0 radical (unpaired) electrons. The molecule has 20 heavy (non-hydrogen) atoms. The number of para-hydroxylation sites is 1. The lowest BCUT2D eigenvalue weighted by Crippen LogP contribution is -2.10. The van der Waals surface area contributed by atoms with E-state index in [-0.39, 0.29) is 6.61 Å². The number of carbonyl (C=O) groups excluding carboxylic acids is 2. The van der Waals surface area contributed by atoms with Crippen molar-refractivity contribution in [1.29, 1.82) is 0 Å². The summed E-state index contributed by atoms with van der Waals surface area (Å²) in [5.74, 6) is -1.23. The van der Waals surface area contributed by atoms with Crippen LogP contribution in [0.3, 0.4) is 0 Å². The molecule has 0 fully saturated rings. The summed E-state index contributed by atoms with van der Waals surface area (Å²) < 4.78 is 9.39. The smallest absolute Gasteiger partial charge is 0.458 e. The average Bonchev–Trinajstić information content (AvgIpc) is 2.45. The number of hydrogen-bond acceptors (Lipinski definition) is 6. The van der Waals surface area contributed by atoms with Crippen molar-refractivity contribution in [2.45, 2.75) is 6.92 Å². The highest BCUT2D eigenvalue weighted by atomic mass is 16.5. The molecule has 1 aromatic rings. The second-order valence-corrected chi connectivity index (χ2v) is 3.91. The molecule has 0 aliphatic heterocycles. The van der Waals surface area contributed by atoms with Crippen LogP contribution in [0.25, 0.3) is 0 Å². The van der Waals surface area contributed by atoms with Crippen LogP contribution in [0.4, 0.5) is 5.69 Å². The van der Waals surface area contributed by atoms with Crippen molar-refractivity contribution in [3.05, 3.63) is 42.0 Å². The summed E-state index contributed by atoms with van der Waals surface area (Å²) in [6.45, 7) is 5.55. The molecule has 0 aliphatic carbocycles. The number of rotatable bonds is 6. The zero-order valence-corrected chi connectivity index (χ0v) is 11.3. The number of methoxy groups -OCH3 is 1. The van der Waals surface area contributed by atoms with Gasteiger partial charge in [-0.3, -0.25) is 0 Å². The first kappa shape index (κ1) is 15.3. The van der Waals surface area contributed by atoms with Crippen LogP contribution < -0.4 is 5.43 Å². The first-order valence-corrected chi connectivity index (χ1v) is 5.75. The maximum atomic E-state index is 11.9. The van der Waals surface area contributed by atoms with Crippen LogP contribution in [0.2, 0.25) is 0 Å². The average molecular weight is 275 g/mol. The minimum absolute atomic E-state index is 0.144. The van der Waals surface area contributed by atoms with Gasteiger partial charge in [-0.05, 0) is 24.6 Å². The molecule has 0 saturated heterocycles. The van der Waals surface area contributed by atoms with Gasteiger partial charge in [0.25, 0.3) is 0 Å². The van der Waals surface area contributed by atoms with Gasteiger partial charge in [-0.15, -0.1) is 0 Å². The zero-order valence-electron chi connectivity index (χ0n) is 11.3. The van der Waals surface area contributed by atoms with E-state index in [4.69, 9.17) is 4.74 Å². The monoisotopic (exact) mass is 275 g/mol. The van der Waals surface area contributed by atoms with E-state index >= 15 is 0 Å². The molecule has 0 aromatic heterocycles. The Bertz CT molecular complexity index is 538. The van der Waals surface area contributed by atoms with Crippen LogP contribution in [-0.4, -0.2) is 31.9 Å². The normalized spacial score (nSPS) is 9.70. The Hall–Kier alpha value is -2.72. The lowest BCUT2D eigenvalue weighted by atomic mass is 10.2. The van der Waals surface area contributed by atoms with Gasteiger partial charge in [-0.1, -0.05) is 18.7 Å². The first-order valence-electron chi connectivity index (χ1n) is 5.75. The van der Waals surface area contributed by atoms with E-state index in [1.54, 1.807) is 31.2 Å². The van der Waals surface area contributed by atoms with Crippen LogP contribution in [-0.2, 0) is 14.3 Å². The Morgan fingerprint density at radius 2 is 2.10 bits per heavy atom. The standard InChI is InChI=1S/C14H14N2O4/c1-10(2)9-20-14(18)11-6-4-5-7-12(11)16-15-8-13(17)19-3/h4-7H,1,9H2,2-3H3/p+1. The summed E-state index contributed by atoms with van der Waals surface area (Å²) in [7, 11) is 1.22. The molecule has 1 rings (SSSR count). The molecule has 0 unspecified atom stereocenters. The molecule has 6 nitrogen and oxygen atoms in total. The van der Waals surface area contributed by atoms with E-state index in [1.807, 2.05) is 0 Å². The minimum Gasteiger partial charge on any atom is -0.458 e. The lowest BCUT2D eigenvalue weighted by Gasteiger charge is -2.07. The third kappa shape index (κ3) is 4.88. The van der Waals surface area contributed by atoms with Gasteiger partial charge in [-0.25, -0.2) is 10.2 Å². The number of ether oxygens (including phenoxy) is 2. The van der Waals surface area contributed by atoms with E-state index in [0.29, 0.717) is 11.3 Å². The van der Waals surface area contributed by atoms with E-state index in [2.05, 4.69) is 28.1 Å². The van der Waals surface area contributed by atoms with Crippen molar-refractivity contribution in [2.75, 3.05) is 19.1 Å². The summed E-state index contributed by atoms with van der Waals surface area (Å²) in [6.07, 6.45) is 2.08. The number of nitrogens with one attached hydrogen (secondary N) is 1. The summed E-state index contributed by atoms with van der Waals surface area (Å²) in [4.78, 5) is 22.7. The highest BCUT2D eigenvalue weighted by Crippen LogP contribution is 2.16.